The number of fused-ring (bicyclic) bond motifs is 1. The summed E-state index contributed by atoms with van der Waals surface area (Å²) in [6.07, 6.45) is 3.77. The van der Waals surface area contributed by atoms with Crippen molar-refractivity contribution in [2.45, 2.75) is 20.5 Å². The van der Waals surface area contributed by atoms with E-state index in [0.717, 1.165) is 17.3 Å². The number of anilines is 1. The Bertz CT molecular complexity index is 1350. The summed E-state index contributed by atoms with van der Waals surface area (Å²) in [6, 6.07) is 13.0. The lowest BCUT2D eigenvalue weighted by atomic mass is 10.1. The number of amides is 2. The maximum Gasteiger partial charge on any atom is 0.259 e. The van der Waals surface area contributed by atoms with E-state index in [1.165, 1.54) is 13.0 Å². The molecule has 0 bridgehead atoms. The van der Waals surface area contributed by atoms with Gasteiger partial charge in [-0.3, -0.25) is 9.59 Å². The molecule has 0 atom stereocenters. The summed E-state index contributed by atoms with van der Waals surface area (Å²) in [4.78, 5) is 28.9. The highest BCUT2D eigenvalue weighted by atomic mass is 19.1. The van der Waals surface area contributed by atoms with Crippen LogP contribution in [0.3, 0.4) is 0 Å². The molecule has 0 aliphatic heterocycles. The highest BCUT2D eigenvalue weighted by molar-refractivity contribution is 6.07. The van der Waals surface area contributed by atoms with E-state index in [2.05, 4.69) is 10.3 Å². The second-order valence-electron chi connectivity index (χ2n) is 7.39. The summed E-state index contributed by atoms with van der Waals surface area (Å²) in [7, 11) is 0. The molecule has 7 nitrogen and oxygen atoms in total. The standard InChI is InChI=1S/C24H21FN4O3/c1-14-6-5-9-29-12-17(27-23(14)29)13-32-21-8-4-3-7-18(21)24(31)28-20-11-16(22(26)30)10-19(25)15(20)2/h3-12H,13H2,1-2H3,(H2,26,30)(H,28,31). The maximum absolute atomic E-state index is 14.2. The number of aryl methyl sites for hydroxylation is 1. The van der Waals surface area contributed by atoms with Crippen LogP contribution in [0.2, 0.25) is 0 Å². The van der Waals surface area contributed by atoms with Gasteiger partial charge < -0.3 is 20.2 Å². The predicted molar refractivity (Wildman–Crippen MR) is 118 cm³/mol. The summed E-state index contributed by atoms with van der Waals surface area (Å²) in [5.74, 6) is -1.58. The lowest BCUT2D eigenvalue weighted by Crippen LogP contribution is -2.17. The van der Waals surface area contributed by atoms with Crippen LogP contribution in [0.4, 0.5) is 10.1 Å². The average Bonchev–Trinajstić information content (AvgIpc) is 3.20. The molecule has 2 aromatic heterocycles. The third-order valence-corrected chi connectivity index (χ3v) is 5.11. The molecule has 0 spiro atoms. The number of rotatable bonds is 6. The Labute approximate surface area is 183 Å². The number of ether oxygens (including phenoxy) is 1. The number of nitrogens with one attached hydrogen (secondary N) is 1. The molecule has 8 heteroatoms. The first kappa shape index (κ1) is 21.0. The number of aromatic nitrogens is 2. The summed E-state index contributed by atoms with van der Waals surface area (Å²) < 4.78 is 22.0. The predicted octanol–water partition coefficient (Wildman–Crippen LogP) is 4.02. The van der Waals surface area contributed by atoms with E-state index in [0.29, 0.717) is 11.4 Å². The molecule has 4 rings (SSSR count). The molecule has 0 aliphatic rings. The Balaban J connectivity index is 1.56. The molecular formula is C24H21FN4O3. The molecule has 3 N–H and O–H groups in total. The average molecular weight is 432 g/mol. The zero-order valence-electron chi connectivity index (χ0n) is 17.6. The van der Waals surface area contributed by atoms with Crippen molar-refractivity contribution in [1.29, 1.82) is 0 Å². The quantitative estimate of drug-likeness (QED) is 0.481. The van der Waals surface area contributed by atoms with Crippen LogP contribution in [0.5, 0.6) is 5.75 Å². The van der Waals surface area contributed by atoms with E-state index >= 15 is 0 Å². The van der Waals surface area contributed by atoms with Crippen molar-refractivity contribution in [3.8, 4) is 5.75 Å². The van der Waals surface area contributed by atoms with Crippen LogP contribution in [0.1, 0.15) is 37.5 Å². The van der Waals surface area contributed by atoms with Gasteiger partial charge in [-0.2, -0.15) is 0 Å². The van der Waals surface area contributed by atoms with Crippen LogP contribution in [-0.4, -0.2) is 21.2 Å². The molecule has 0 unspecified atom stereocenters. The summed E-state index contributed by atoms with van der Waals surface area (Å²) in [5.41, 5.74) is 8.43. The number of para-hydroxylation sites is 1. The Hall–Kier alpha value is -4.20. The van der Waals surface area contributed by atoms with E-state index < -0.39 is 17.6 Å². The number of carbonyl (C=O) groups is 2. The summed E-state index contributed by atoms with van der Waals surface area (Å²) >= 11 is 0. The number of pyridine rings is 1. The number of nitrogens with zero attached hydrogens (tertiary/aromatic N) is 2. The monoisotopic (exact) mass is 432 g/mol. The third kappa shape index (κ3) is 4.15. The molecular weight excluding hydrogens is 411 g/mol. The first-order valence-corrected chi connectivity index (χ1v) is 9.90. The molecule has 2 heterocycles. The van der Waals surface area contributed by atoms with E-state index in [9.17, 15) is 14.0 Å². The lowest BCUT2D eigenvalue weighted by molar-refractivity contribution is 0.0995. The van der Waals surface area contributed by atoms with Gasteiger partial charge in [-0.1, -0.05) is 18.2 Å². The van der Waals surface area contributed by atoms with Crippen molar-refractivity contribution < 1.29 is 18.7 Å². The first-order chi connectivity index (χ1) is 15.3. The van der Waals surface area contributed by atoms with Gasteiger partial charge in [-0.05, 0) is 49.7 Å². The smallest absolute Gasteiger partial charge is 0.259 e. The zero-order chi connectivity index (χ0) is 22.8. The largest absolute Gasteiger partial charge is 0.486 e. The number of hydrogen-bond donors (Lipinski definition) is 2. The van der Waals surface area contributed by atoms with Crippen molar-refractivity contribution >= 4 is 23.1 Å². The van der Waals surface area contributed by atoms with Gasteiger partial charge in [-0.25, -0.2) is 9.37 Å². The SMILES string of the molecule is Cc1c(F)cc(C(N)=O)cc1NC(=O)c1ccccc1OCc1cn2cccc(C)c2n1. The topological polar surface area (TPSA) is 98.7 Å². The molecule has 2 aromatic carbocycles. The Morgan fingerprint density at radius 3 is 2.69 bits per heavy atom. The van der Waals surface area contributed by atoms with Crippen molar-refractivity contribution in [3.05, 3.63) is 94.7 Å². The minimum atomic E-state index is -0.786. The molecule has 32 heavy (non-hydrogen) atoms. The summed E-state index contributed by atoms with van der Waals surface area (Å²) in [6.45, 7) is 3.64. The van der Waals surface area contributed by atoms with Crippen LogP contribution >= 0.6 is 0 Å². The Morgan fingerprint density at radius 2 is 1.94 bits per heavy atom. The molecule has 0 aliphatic carbocycles. The first-order valence-electron chi connectivity index (χ1n) is 9.90. The highest BCUT2D eigenvalue weighted by Crippen LogP contribution is 2.25. The molecule has 0 saturated heterocycles. The number of nitrogens with two attached hydrogens (primary N) is 1. The maximum atomic E-state index is 14.2. The number of imidazole rings is 1. The van der Waals surface area contributed by atoms with Gasteiger partial charge in [0.2, 0.25) is 5.91 Å². The van der Waals surface area contributed by atoms with Gasteiger partial charge in [0.1, 0.15) is 23.8 Å². The van der Waals surface area contributed by atoms with E-state index in [4.69, 9.17) is 10.5 Å². The van der Waals surface area contributed by atoms with Crippen LogP contribution in [-0.2, 0) is 6.61 Å². The fraction of sp³-hybridized carbons (Fsp3) is 0.125. The second-order valence-corrected chi connectivity index (χ2v) is 7.39. The Kier molecular flexibility index (Phi) is 5.59. The van der Waals surface area contributed by atoms with Gasteiger partial charge >= 0.3 is 0 Å². The number of primary amides is 1. The Morgan fingerprint density at radius 1 is 1.16 bits per heavy atom. The number of halogens is 1. The highest BCUT2D eigenvalue weighted by Gasteiger charge is 2.17. The van der Waals surface area contributed by atoms with Gasteiger partial charge in [0, 0.05) is 29.2 Å². The van der Waals surface area contributed by atoms with Crippen molar-refractivity contribution in [2.24, 2.45) is 5.73 Å². The fourth-order valence-corrected chi connectivity index (χ4v) is 3.35. The summed E-state index contributed by atoms with van der Waals surface area (Å²) in [5, 5.41) is 2.64. The minimum Gasteiger partial charge on any atom is -0.486 e. The third-order valence-electron chi connectivity index (χ3n) is 5.11. The van der Waals surface area contributed by atoms with Gasteiger partial charge in [0.25, 0.3) is 5.91 Å². The second kappa shape index (κ2) is 8.50. The van der Waals surface area contributed by atoms with Crippen LogP contribution < -0.4 is 15.8 Å². The van der Waals surface area contributed by atoms with Crippen molar-refractivity contribution in [3.63, 3.8) is 0 Å². The molecule has 2 amide bonds. The van der Waals surface area contributed by atoms with E-state index in [-0.39, 0.29) is 29.0 Å². The van der Waals surface area contributed by atoms with E-state index in [1.807, 2.05) is 35.9 Å². The normalized spacial score (nSPS) is 10.8. The number of carbonyl (C=O) groups excluding carboxylic acids is 2. The van der Waals surface area contributed by atoms with Gasteiger partial charge in [-0.15, -0.1) is 0 Å². The van der Waals surface area contributed by atoms with Gasteiger partial charge in [0.05, 0.1) is 11.3 Å². The van der Waals surface area contributed by atoms with Crippen LogP contribution in [0.25, 0.3) is 5.65 Å². The molecule has 0 radical (unpaired) electrons. The van der Waals surface area contributed by atoms with Crippen molar-refractivity contribution in [1.82, 2.24) is 9.38 Å². The lowest BCUT2D eigenvalue weighted by Gasteiger charge is -2.13. The zero-order valence-corrected chi connectivity index (χ0v) is 17.6. The molecule has 0 saturated carbocycles. The fourth-order valence-electron chi connectivity index (χ4n) is 3.35. The van der Waals surface area contributed by atoms with Gasteiger partial charge in [0.15, 0.2) is 0 Å². The number of benzene rings is 2. The molecule has 162 valence electrons. The van der Waals surface area contributed by atoms with E-state index in [1.54, 1.807) is 24.3 Å². The minimum absolute atomic E-state index is 0.0323. The molecule has 4 aromatic rings. The van der Waals surface area contributed by atoms with Crippen LogP contribution in [0.15, 0.2) is 60.9 Å². The molecule has 0 fully saturated rings. The van der Waals surface area contributed by atoms with Crippen LogP contribution in [0, 0.1) is 19.7 Å². The number of hydrogen-bond acceptors (Lipinski definition) is 4. The van der Waals surface area contributed by atoms with Crippen molar-refractivity contribution in [2.75, 3.05) is 5.32 Å².